The van der Waals surface area contributed by atoms with E-state index in [-0.39, 0.29) is 5.91 Å². The zero-order chi connectivity index (χ0) is 11.8. The van der Waals surface area contributed by atoms with Gasteiger partial charge in [-0.1, -0.05) is 50.6 Å². The molecule has 1 unspecified atom stereocenters. The van der Waals surface area contributed by atoms with Crippen molar-refractivity contribution in [1.82, 2.24) is 5.32 Å². The van der Waals surface area contributed by atoms with E-state index in [0.717, 1.165) is 18.5 Å². The van der Waals surface area contributed by atoms with Gasteiger partial charge in [-0.2, -0.15) is 0 Å². The molecule has 16 heavy (non-hydrogen) atoms. The Morgan fingerprint density at radius 1 is 1.38 bits per heavy atom. The Morgan fingerprint density at radius 2 is 2.06 bits per heavy atom. The average Bonchev–Trinajstić information content (AvgIpc) is 2.34. The molecule has 0 aromatic heterocycles. The molecule has 0 heterocycles. The van der Waals surface area contributed by atoms with Gasteiger partial charge in [0.05, 0.1) is 0 Å². The van der Waals surface area contributed by atoms with Gasteiger partial charge in [0.2, 0.25) is 5.91 Å². The Balaban J connectivity index is 2.37. The van der Waals surface area contributed by atoms with E-state index in [1.54, 1.807) is 6.08 Å². The number of carbonyl (C=O) groups excluding carboxylic acids is 1. The monoisotopic (exact) mass is 217 g/mol. The summed E-state index contributed by atoms with van der Waals surface area (Å²) in [7, 11) is 0. The highest BCUT2D eigenvalue weighted by Crippen LogP contribution is 2.01. The first-order chi connectivity index (χ1) is 7.72. The molecule has 1 atom stereocenters. The summed E-state index contributed by atoms with van der Waals surface area (Å²) in [6, 6.07) is 9.81. The minimum Gasteiger partial charge on any atom is -0.352 e. The number of amides is 1. The predicted molar refractivity (Wildman–Crippen MR) is 67.9 cm³/mol. The first-order valence-corrected chi connectivity index (χ1v) is 5.73. The fourth-order valence-electron chi connectivity index (χ4n) is 1.21. The molecule has 0 radical (unpaired) electrons. The van der Waals surface area contributed by atoms with Gasteiger partial charge < -0.3 is 5.32 Å². The van der Waals surface area contributed by atoms with E-state index in [4.69, 9.17) is 0 Å². The Morgan fingerprint density at radius 3 is 2.69 bits per heavy atom. The maximum absolute atomic E-state index is 11.4. The molecule has 1 N–H and O–H groups in total. The standard InChI is InChI=1S/C14H19NO/c1-3-12(2)11-15-14(16)10-9-13-7-5-4-6-8-13/h4-10,12H,3,11H2,1-2H3,(H,15,16)/b10-9+. The van der Waals surface area contributed by atoms with E-state index >= 15 is 0 Å². The first kappa shape index (κ1) is 12.5. The third-order valence-corrected chi connectivity index (χ3v) is 2.55. The molecule has 0 aliphatic heterocycles. The summed E-state index contributed by atoms with van der Waals surface area (Å²) < 4.78 is 0. The predicted octanol–water partition coefficient (Wildman–Crippen LogP) is 2.86. The summed E-state index contributed by atoms with van der Waals surface area (Å²) in [6.45, 7) is 4.99. The number of benzene rings is 1. The van der Waals surface area contributed by atoms with Gasteiger partial charge >= 0.3 is 0 Å². The van der Waals surface area contributed by atoms with Gasteiger partial charge in [-0.3, -0.25) is 4.79 Å². The smallest absolute Gasteiger partial charge is 0.244 e. The Kier molecular flexibility index (Phi) is 5.34. The van der Waals surface area contributed by atoms with Crippen molar-refractivity contribution in [2.45, 2.75) is 20.3 Å². The van der Waals surface area contributed by atoms with Crippen LogP contribution < -0.4 is 5.32 Å². The highest BCUT2D eigenvalue weighted by molar-refractivity contribution is 5.91. The zero-order valence-corrected chi connectivity index (χ0v) is 9.94. The molecule has 1 rings (SSSR count). The van der Waals surface area contributed by atoms with Crippen molar-refractivity contribution in [3.63, 3.8) is 0 Å². The van der Waals surface area contributed by atoms with Crippen LogP contribution in [0.1, 0.15) is 25.8 Å². The lowest BCUT2D eigenvalue weighted by Crippen LogP contribution is -2.26. The van der Waals surface area contributed by atoms with E-state index in [0.29, 0.717) is 5.92 Å². The molecule has 1 aromatic carbocycles. The number of rotatable bonds is 5. The van der Waals surface area contributed by atoms with E-state index in [1.165, 1.54) is 0 Å². The van der Waals surface area contributed by atoms with Crippen molar-refractivity contribution in [2.75, 3.05) is 6.54 Å². The summed E-state index contributed by atoms with van der Waals surface area (Å²) >= 11 is 0. The van der Waals surface area contributed by atoms with Crippen LogP contribution in [0, 0.1) is 5.92 Å². The molecule has 0 fully saturated rings. The number of carbonyl (C=O) groups is 1. The van der Waals surface area contributed by atoms with Crippen molar-refractivity contribution in [3.8, 4) is 0 Å². The van der Waals surface area contributed by atoms with Crippen molar-refractivity contribution in [1.29, 1.82) is 0 Å². The van der Waals surface area contributed by atoms with E-state index < -0.39 is 0 Å². The number of hydrogen-bond donors (Lipinski definition) is 1. The van der Waals surface area contributed by atoms with Crippen molar-refractivity contribution >= 4 is 12.0 Å². The maximum atomic E-state index is 11.4. The molecule has 1 aromatic rings. The topological polar surface area (TPSA) is 29.1 Å². The van der Waals surface area contributed by atoms with Crippen LogP contribution in [0.4, 0.5) is 0 Å². The lowest BCUT2D eigenvalue weighted by Gasteiger charge is -2.07. The van der Waals surface area contributed by atoms with Gasteiger partial charge in [0, 0.05) is 12.6 Å². The van der Waals surface area contributed by atoms with Crippen LogP contribution in [-0.4, -0.2) is 12.5 Å². The molecule has 0 aliphatic carbocycles. The van der Waals surface area contributed by atoms with Crippen LogP contribution in [-0.2, 0) is 4.79 Å². The molecular formula is C14H19NO. The Hall–Kier alpha value is -1.57. The van der Waals surface area contributed by atoms with Crippen molar-refractivity contribution in [3.05, 3.63) is 42.0 Å². The SMILES string of the molecule is CCC(C)CNC(=O)/C=C/c1ccccc1. The minimum atomic E-state index is -0.0239. The minimum absolute atomic E-state index is 0.0239. The molecule has 2 heteroatoms. The van der Waals surface area contributed by atoms with Crippen LogP contribution in [0.5, 0.6) is 0 Å². The molecule has 0 aliphatic rings. The van der Waals surface area contributed by atoms with Crippen molar-refractivity contribution < 1.29 is 4.79 Å². The largest absolute Gasteiger partial charge is 0.352 e. The maximum Gasteiger partial charge on any atom is 0.244 e. The van der Waals surface area contributed by atoms with Crippen LogP contribution in [0.3, 0.4) is 0 Å². The fraction of sp³-hybridized carbons (Fsp3) is 0.357. The van der Waals surface area contributed by atoms with Crippen LogP contribution in [0.25, 0.3) is 6.08 Å². The van der Waals surface area contributed by atoms with Gasteiger partial charge in [0.25, 0.3) is 0 Å². The van der Waals surface area contributed by atoms with Crippen LogP contribution in [0.15, 0.2) is 36.4 Å². The summed E-state index contributed by atoms with van der Waals surface area (Å²) in [6.07, 6.45) is 4.49. The first-order valence-electron chi connectivity index (χ1n) is 5.73. The third kappa shape index (κ3) is 4.78. The van der Waals surface area contributed by atoms with Gasteiger partial charge in [0.15, 0.2) is 0 Å². The molecule has 0 saturated heterocycles. The average molecular weight is 217 g/mol. The second-order valence-corrected chi connectivity index (χ2v) is 4.00. The zero-order valence-electron chi connectivity index (χ0n) is 9.94. The van der Waals surface area contributed by atoms with E-state index in [1.807, 2.05) is 36.4 Å². The van der Waals surface area contributed by atoms with Crippen molar-refractivity contribution in [2.24, 2.45) is 5.92 Å². The Bertz CT molecular complexity index is 343. The van der Waals surface area contributed by atoms with Gasteiger partial charge in [-0.15, -0.1) is 0 Å². The summed E-state index contributed by atoms with van der Waals surface area (Å²) in [5.41, 5.74) is 1.04. The molecule has 0 spiro atoms. The summed E-state index contributed by atoms with van der Waals surface area (Å²) in [5.74, 6) is 0.512. The molecule has 0 saturated carbocycles. The van der Waals surface area contributed by atoms with Gasteiger partial charge in [-0.25, -0.2) is 0 Å². The third-order valence-electron chi connectivity index (χ3n) is 2.55. The van der Waals surface area contributed by atoms with E-state index in [2.05, 4.69) is 19.2 Å². The lowest BCUT2D eigenvalue weighted by atomic mass is 10.1. The highest BCUT2D eigenvalue weighted by atomic mass is 16.1. The van der Waals surface area contributed by atoms with E-state index in [9.17, 15) is 4.79 Å². The normalized spacial score (nSPS) is 12.6. The summed E-state index contributed by atoms with van der Waals surface area (Å²) in [4.78, 5) is 11.4. The second kappa shape index (κ2) is 6.83. The summed E-state index contributed by atoms with van der Waals surface area (Å²) in [5, 5.41) is 2.88. The van der Waals surface area contributed by atoms with Crippen LogP contribution >= 0.6 is 0 Å². The second-order valence-electron chi connectivity index (χ2n) is 4.00. The molecule has 86 valence electrons. The van der Waals surface area contributed by atoms with Gasteiger partial charge in [0.1, 0.15) is 0 Å². The number of nitrogens with one attached hydrogen (secondary N) is 1. The molecule has 1 amide bonds. The molecule has 0 bridgehead atoms. The van der Waals surface area contributed by atoms with Crippen LogP contribution in [0.2, 0.25) is 0 Å². The number of hydrogen-bond acceptors (Lipinski definition) is 1. The molecule has 2 nitrogen and oxygen atoms in total. The highest BCUT2D eigenvalue weighted by Gasteiger charge is 1.99. The van der Waals surface area contributed by atoms with Gasteiger partial charge in [-0.05, 0) is 17.6 Å². The fourth-order valence-corrected chi connectivity index (χ4v) is 1.21. The lowest BCUT2D eigenvalue weighted by molar-refractivity contribution is -0.116. The quantitative estimate of drug-likeness (QED) is 0.755. The molecular weight excluding hydrogens is 198 g/mol. The Labute approximate surface area is 97.4 Å².